The minimum atomic E-state index is -3.87. The molecule has 0 aliphatic heterocycles. The molecule has 0 saturated heterocycles. The highest BCUT2D eigenvalue weighted by atomic mass is 79.9. The molecule has 0 heterocycles. The van der Waals surface area contributed by atoms with E-state index < -0.39 is 9.05 Å². The van der Waals surface area contributed by atoms with E-state index in [2.05, 4.69) is 15.9 Å². The molecule has 0 atom stereocenters. The van der Waals surface area contributed by atoms with Crippen LogP contribution in [0.15, 0.2) is 27.6 Å². The third kappa shape index (κ3) is 3.12. The van der Waals surface area contributed by atoms with Crippen LogP contribution in [0, 0.1) is 0 Å². The first kappa shape index (κ1) is 14.8. The summed E-state index contributed by atoms with van der Waals surface area (Å²) < 4.78 is 23.2. The highest BCUT2D eigenvalue weighted by molar-refractivity contribution is 9.10. The van der Waals surface area contributed by atoms with Gasteiger partial charge in [0.25, 0.3) is 15.0 Å². The lowest BCUT2D eigenvalue weighted by Gasteiger charge is -2.34. The SMILES string of the molecule is CN(C(=O)c1ccc(Br)c(S(=O)(=O)Cl)c1)C1CCC1. The lowest BCUT2D eigenvalue weighted by atomic mass is 9.91. The Kier molecular flexibility index (Phi) is 4.23. The predicted octanol–water partition coefficient (Wildman–Crippen LogP) is 3.00. The Morgan fingerprint density at radius 3 is 2.53 bits per heavy atom. The molecule has 104 valence electrons. The van der Waals surface area contributed by atoms with Crippen LogP contribution in [-0.2, 0) is 9.05 Å². The van der Waals surface area contributed by atoms with Gasteiger partial charge in [-0.1, -0.05) is 0 Å². The van der Waals surface area contributed by atoms with Crippen molar-refractivity contribution in [3.05, 3.63) is 28.2 Å². The molecule has 1 aromatic carbocycles. The summed E-state index contributed by atoms with van der Waals surface area (Å²) in [6.07, 6.45) is 3.13. The summed E-state index contributed by atoms with van der Waals surface area (Å²) in [5, 5.41) is 0. The number of carbonyl (C=O) groups excluding carboxylic acids is 1. The number of hydrogen-bond donors (Lipinski definition) is 0. The topological polar surface area (TPSA) is 54.5 Å². The van der Waals surface area contributed by atoms with Gasteiger partial charge < -0.3 is 4.90 Å². The van der Waals surface area contributed by atoms with Gasteiger partial charge in [-0.05, 0) is 53.4 Å². The molecular weight excluding hydrogens is 354 g/mol. The minimum Gasteiger partial charge on any atom is -0.339 e. The Bertz CT molecular complexity index is 613. The van der Waals surface area contributed by atoms with Gasteiger partial charge >= 0.3 is 0 Å². The number of benzene rings is 1. The molecule has 1 amide bonds. The predicted molar refractivity (Wildman–Crippen MR) is 76.9 cm³/mol. The molecule has 1 fully saturated rings. The van der Waals surface area contributed by atoms with E-state index in [1.165, 1.54) is 12.1 Å². The Hall–Kier alpha value is -0.590. The smallest absolute Gasteiger partial charge is 0.262 e. The molecule has 0 N–H and O–H groups in total. The number of hydrogen-bond acceptors (Lipinski definition) is 3. The van der Waals surface area contributed by atoms with Crippen LogP contribution in [0.2, 0.25) is 0 Å². The first-order valence-electron chi connectivity index (χ1n) is 5.82. The number of nitrogens with zero attached hydrogens (tertiary/aromatic N) is 1. The maximum atomic E-state index is 12.2. The lowest BCUT2D eigenvalue weighted by molar-refractivity contribution is 0.0652. The largest absolute Gasteiger partial charge is 0.339 e. The molecule has 19 heavy (non-hydrogen) atoms. The second-order valence-corrected chi connectivity index (χ2v) is 7.97. The standard InChI is InChI=1S/C12H13BrClNO3S/c1-15(9-3-2-4-9)12(16)8-5-6-10(13)11(7-8)19(14,17)18/h5-7,9H,2-4H2,1H3. The van der Waals surface area contributed by atoms with E-state index in [0.29, 0.717) is 10.0 Å². The van der Waals surface area contributed by atoms with E-state index in [1.54, 1.807) is 18.0 Å². The molecule has 1 saturated carbocycles. The van der Waals surface area contributed by atoms with Crippen molar-refractivity contribution in [3.8, 4) is 0 Å². The van der Waals surface area contributed by atoms with E-state index >= 15 is 0 Å². The van der Waals surface area contributed by atoms with Gasteiger partial charge in [-0.3, -0.25) is 4.79 Å². The molecule has 0 aromatic heterocycles. The molecule has 1 aromatic rings. The van der Waals surface area contributed by atoms with Crippen molar-refractivity contribution in [2.24, 2.45) is 0 Å². The maximum absolute atomic E-state index is 12.2. The van der Waals surface area contributed by atoms with Crippen LogP contribution in [0.1, 0.15) is 29.6 Å². The molecule has 0 radical (unpaired) electrons. The van der Waals surface area contributed by atoms with Crippen molar-refractivity contribution in [2.75, 3.05) is 7.05 Å². The van der Waals surface area contributed by atoms with Crippen molar-refractivity contribution in [2.45, 2.75) is 30.2 Å². The zero-order valence-corrected chi connectivity index (χ0v) is 13.4. The first-order chi connectivity index (χ1) is 8.80. The second-order valence-electron chi connectivity index (χ2n) is 4.58. The van der Waals surface area contributed by atoms with Gasteiger partial charge in [-0.15, -0.1) is 0 Å². The van der Waals surface area contributed by atoms with E-state index in [0.717, 1.165) is 19.3 Å². The van der Waals surface area contributed by atoms with E-state index in [-0.39, 0.29) is 16.8 Å². The Balaban J connectivity index is 2.33. The Labute approximate surface area is 125 Å². The maximum Gasteiger partial charge on any atom is 0.262 e. The fourth-order valence-electron chi connectivity index (χ4n) is 1.97. The highest BCUT2D eigenvalue weighted by Gasteiger charge is 2.27. The van der Waals surface area contributed by atoms with E-state index in [1.807, 2.05) is 0 Å². The summed E-state index contributed by atoms with van der Waals surface area (Å²) in [6, 6.07) is 4.68. The van der Waals surface area contributed by atoms with Crippen LogP contribution >= 0.6 is 26.6 Å². The quantitative estimate of drug-likeness (QED) is 0.773. The summed E-state index contributed by atoms with van der Waals surface area (Å²) in [4.78, 5) is 13.8. The fraction of sp³-hybridized carbons (Fsp3) is 0.417. The molecule has 2 rings (SSSR count). The number of halogens is 2. The average molecular weight is 367 g/mol. The third-order valence-electron chi connectivity index (χ3n) is 3.38. The van der Waals surface area contributed by atoms with Crippen LogP contribution in [0.5, 0.6) is 0 Å². The van der Waals surface area contributed by atoms with Gasteiger partial charge in [0, 0.05) is 33.8 Å². The van der Waals surface area contributed by atoms with Crippen LogP contribution in [0.25, 0.3) is 0 Å². The summed E-state index contributed by atoms with van der Waals surface area (Å²) in [7, 11) is 3.21. The van der Waals surface area contributed by atoms with Crippen LogP contribution in [-0.4, -0.2) is 32.3 Å². The van der Waals surface area contributed by atoms with Gasteiger partial charge in [-0.25, -0.2) is 8.42 Å². The number of rotatable bonds is 3. The summed E-state index contributed by atoms with van der Waals surface area (Å²) >= 11 is 3.12. The molecule has 1 aliphatic rings. The van der Waals surface area contributed by atoms with Crippen molar-refractivity contribution < 1.29 is 13.2 Å². The van der Waals surface area contributed by atoms with Crippen molar-refractivity contribution in [3.63, 3.8) is 0 Å². The molecule has 0 spiro atoms. The molecular formula is C12H13BrClNO3S. The highest BCUT2D eigenvalue weighted by Crippen LogP contribution is 2.28. The van der Waals surface area contributed by atoms with Gasteiger partial charge in [0.2, 0.25) is 0 Å². The number of carbonyl (C=O) groups is 1. The van der Waals surface area contributed by atoms with Crippen molar-refractivity contribution >= 4 is 41.6 Å². The van der Waals surface area contributed by atoms with E-state index in [9.17, 15) is 13.2 Å². The summed E-state index contributed by atoms with van der Waals surface area (Å²) in [6.45, 7) is 0. The van der Waals surface area contributed by atoms with Gasteiger partial charge in [-0.2, -0.15) is 0 Å². The van der Waals surface area contributed by atoms with Crippen LogP contribution in [0.4, 0.5) is 0 Å². The monoisotopic (exact) mass is 365 g/mol. The fourth-order valence-corrected chi connectivity index (χ4v) is 4.08. The third-order valence-corrected chi connectivity index (χ3v) is 5.70. The Morgan fingerprint density at radius 2 is 2.05 bits per heavy atom. The average Bonchev–Trinajstić information content (AvgIpc) is 2.24. The van der Waals surface area contributed by atoms with Crippen LogP contribution in [0.3, 0.4) is 0 Å². The molecule has 4 nitrogen and oxygen atoms in total. The van der Waals surface area contributed by atoms with Gasteiger partial charge in [0.15, 0.2) is 0 Å². The van der Waals surface area contributed by atoms with Gasteiger partial charge in [0.1, 0.15) is 0 Å². The van der Waals surface area contributed by atoms with Gasteiger partial charge in [0.05, 0.1) is 4.90 Å². The minimum absolute atomic E-state index is 0.0815. The summed E-state index contributed by atoms with van der Waals surface area (Å²) in [5.74, 6) is -0.182. The number of amides is 1. The van der Waals surface area contributed by atoms with Crippen molar-refractivity contribution in [1.29, 1.82) is 0 Å². The molecule has 0 bridgehead atoms. The first-order valence-corrected chi connectivity index (χ1v) is 8.92. The lowest BCUT2D eigenvalue weighted by Crippen LogP contribution is -2.41. The summed E-state index contributed by atoms with van der Waals surface area (Å²) in [5.41, 5.74) is 0.330. The Morgan fingerprint density at radius 1 is 1.42 bits per heavy atom. The zero-order chi connectivity index (χ0) is 14.2. The molecule has 7 heteroatoms. The molecule has 1 aliphatic carbocycles. The molecule has 0 unspecified atom stereocenters. The normalized spacial score (nSPS) is 15.9. The van der Waals surface area contributed by atoms with Crippen molar-refractivity contribution in [1.82, 2.24) is 4.90 Å². The zero-order valence-electron chi connectivity index (χ0n) is 10.3. The second kappa shape index (κ2) is 5.42. The van der Waals surface area contributed by atoms with Crippen LogP contribution < -0.4 is 0 Å². The van der Waals surface area contributed by atoms with E-state index in [4.69, 9.17) is 10.7 Å².